The van der Waals surface area contributed by atoms with Crippen LogP contribution in [0, 0.1) is 11.8 Å². The molecule has 65 heavy (non-hydrogen) atoms. The van der Waals surface area contributed by atoms with E-state index in [2.05, 4.69) is 255 Å². The molecule has 0 aliphatic heterocycles. The summed E-state index contributed by atoms with van der Waals surface area (Å²) in [6, 6.07) is 82.7. The van der Waals surface area contributed by atoms with Gasteiger partial charge in [-0.2, -0.15) is 0 Å². The van der Waals surface area contributed by atoms with Crippen LogP contribution in [0.4, 0.5) is 17.1 Å². The van der Waals surface area contributed by atoms with Gasteiger partial charge in [-0.25, -0.2) is 0 Å². The largest absolute Gasteiger partial charge is 0.456 e. The van der Waals surface area contributed by atoms with Crippen LogP contribution >= 0.6 is 0 Å². The number of anilines is 3. The van der Waals surface area contributed by atoms with E-state index >= 15 is 0 Å². The molecule has 9 aromatic carbocycles. The first-order chi connectivity index (χ1) is 32.2. The van der Waals surface area contributed by atoms with Crippen LogP contribution in [-0.4, -0.2) is 0 Å². The van der Waals surface area contributed by atoms with Gasteiger partial charge in [0, 0.05) is 39.7 Å². The van der Waals surface area contributed by atoms with Crippen molar-refractivity contribution in [2.45, 2.75) is 17.8 Å². The summed E-state index contributed by atoms with van der Waals surface area (Å²) in [7, 11) is 0. The minimum atomic E-state index is -0.514. The minimum Gasteiger partial charge on any atom is -0.456 e. The highest BCUT2D eigenvalue weighted by molar-refractivity contribution is 6.10. The van der Waals surface area contributed by atoms with Crippen LogP contribution < -0.4 is 4.90 Å². The van der Waals surface area contributed by atoms with Gasteiger partial charge in [0.25, 0.3) is 0 Å². The Morgan fingerprint density at radius 3 is 1.77 bits per heavy atom. The van der Waals surface area contributed by atoms with Crippen molar-refractivity contribution in [1.82, 2.24) is 0 Å². The Morgan fingerprint density at radius 1 is 0.462 bits per heavy atom. The quantitative estimate of drug-likeness (QED) is 0.159. The van der Waals surface area contributed by atoms with Gasteiger partial charge in [0.05, 0.1) is 16.5 Å². The van der Waals surface area contributed by atoms with Gasteiger partial charge in [-0.15, -0.1) is 0 Å². The number of rotatable bonds is 7. The Kier molecular flexibility index (Phi) is 8.42. The molecule has 3 aliphatic rings. The van der Waals surface area contributed by atoms with E-state index in [-0.39, 0.29) is 5.92 Å². The van der Waals surface area contributed by atoms with Gasteiger partial charge in [-0.05, 0) is 98.0 Å². The topological polar surface area (TPSA) is 16.4 Å². The van der Waals surface area contributed by atoms with Crippen molar-refractivity contribution >= 4 is 44.6 Å². The monoisotopic (exact) mass is 831 g/mol. The van der Waals surface area contributed by atoms with Crippen LogP contribution in [-0.2, 0) is 10.8 Å². The van der Waals surface area contributed by atoms with Crippen LogP contribution in [0.2, 0.25) is 0 Å². The second-order valence-corrected chi connectivity index (χ2v) is 17.9. The van der Waals surface area contributed by atoms with Crippen molar-refractivity contribution in [2.24, 2.45) is 11.8 Å². The Morgan fingerprint density at radius 2 is 1.05 bits per heavy atom. The van der Waals surface area contributed by atoms with E-state index in [4.69, 9.17) is 4.42 Å². The molecule has 0 amide bonds. The number of para-hydroxylation sites is 1. The molecule has 0 saturated heterocycles. The molecule has 3 unspecified atom stereocenters. The van der Waals surface area contributed by atoms with Crippen LogP contribution in [0.1, 0.15) is 51.4 Å². The van der Waals surface area contributed by atoms with Gasteiger partial charge in [0.15, 0.2) is 0 Å². The molecule has 0 spiro atoms. The molecular weight excluding hydrogens is 787 g/mol. The molecule has 2 heteroatoms. The van der Waals surface area contributed by atoms with Gasteiger partial charge < -0.3 is 9.32 Å². The number of benzene rings is 9. The summed E-state index contributed by atoms with van der Waals surface area (Å²) in [5.41, 5.74) is 18.3. The smallest absolute Gasteiger partial charge is 0.137 e. The number of hydrogen-bond donors (Lipinski definition) is 0. The molecular formula is C63H45NO. The summed E-state index contributed by atoms with van der Waals surface area (Å²) in [5, 5.41) is 2.29. The summed E-state index contributed by atoms with van der Waals surface area (Å²) >= 11 is 0. The van der Waals surface area contributed by atoms with E-state index in [9.17, 15) is 0 Å². The Balaban J connectivity index is 1.06. The molecule has 3 atom stereocenters. The van der Waals surface area contributed by atoms with Gasteiger partial charge in [0.1, 0.15) is 11.2 Å². The van der Waals surface area contributed by atoms with E-state index in [1.165, 1.54) is 66.6 Å². The molecule has 1 aromatic heterocycles. The molecule has 0 fully saturated rings. The minimum absolute atomic E-state index is 0.206. The average molecular weight is 832 g/mol. The Hall–Kier alpha value is -7.94. The molecule has 0 N–H and O–H groups in total. The normalized spacial score (nSPS) is 18.8. The summed E-state index contributed by atoms with van der Waals surface area (Å²) in [6.45, 7) is 2.39. The summed E-state index contributed by atoms with van der Waals surface area (Å²) in [5.74, 6) is 0.514. The second kappa shape index (κ2) is 14.6. The zero-order chi connectivity index (χ0) is 43.1. The zero-order valence-corrected chi connectivity index (χ0v) is 36.1. The van der Waals surface area contributed by atoms with Crippen molar-refractivity contribution in [3.63, 3.8) is 0 Å². The fourth-order valence-electron chi connectivity index (χ4n) is 12.4. The molecule has 0 saturated carbocycles. The third kappa shape index (κ3) is 5.23. The maximum atomic E-state index is 7.09. The molecule has 308 valence electrons. The summed E-state index contributed by atoms with van der Waals surface area (Å²) in [6.07, 6.45) is 7.00. The maximum Gasteiger partial charge on any atom is 0.137 e. The summed E-state index contributed by atoms with van der Waals surface area (Å²) in [4.78, 5) is 2.43. The number of allylic oxidation sites excluding steroid dienone is 4. The lowest BCUT2D eigenvalue weighted by molar-refractivity contribution is 0.401. The fourth-order valence-corrected chi connectivity index (χ4v) is 12.4. The molecule has 10 aromatic rings. The molecule has 1 heterocycles. The van der Waals surface area contributed by atoms with Gasteiger partial charge >= 0.3 is 0 Å². The standard InChI is InChI=1S/C63H45NO/c1-42-21-18-32-49-48-30-14-16-33-52(48)63(61(42)49,45-26-10-4-11-27-45)55-36-20-38-57-60(55)51-40-39-47(41-58(51)65-57)64(46-28-12-5-13-29-46)56-37-19-35-54-59(56)50-31-15-17-34-53(50)62(54,43-22-6-2-7-23-43)44-24-8-3-9-25-44/h2-42,61H,1H3. The van der Waals surface area contributed by atoms with Crippen LogP contribution in [0.3, 0.4) is 0 Å². The lowest BCUT2D eigenvalue weighted by Gasteiger charge is -2.41. The fraction of sp³-hybridized carbons (Fsp3) is 0.0794. The predicted molar refractivity (Wildman–Crippen MR) is 268 cm³/mol. The second-order valence-electron chi connectivity index (χ2n) is 17.9. The Labute approximate surface area is 380 Å². The van der Waals surface area contributed by atoms with E-state index in [1.54, 1.807) is 0 Å². The van der Waals surface area contributed by atoms with Crippen molar-refractivity contribution < 1.29 is 4.42 Å². The first-order valence-corrected chi connectivity index (χ1v) is 22.9. The van der Waals surface area contributed by atoms with E-state index in [0.29, 0.717) is 5.92 Å². The van der Waals surface area contributed by atoms with Crippen molar-refractivity contribution in [1.29, 1.82) is 0 Å². The average Bonchev–Trinajstić information content (AvgIpc) is 4.01. The highest BCUT2D eigenvalue weighted by Gasteiger charge is 2.54. The van der Waals surface area contributed by atoms with Crippen LogP contribution in [0.15, 0.2) is 247 Å². The maximum absolute atomic E-state index is 7.09. The molecule has 0 radical (unpaired) electrons. The van der Waals surface area contributed by atoms with Crippen molar-refractivity contribution in [3.8, 4) is 11.1 Å². The van der Waals surface area contributed by atoms with Crippen LogP contribution in [0.25, 0.3) is 38.6 Å². The first kappa shape index (κ1) is 37.6. The van der Waals surface area contributed by atoms with E-state index < -0.39 is 10.8 Å². The summed E-state index contributed by atoms with van der Waals surface area (Å²) < 4.78 is 7.09. The predicted octanol–water partition coefficient (Wildman–Crippen LogP) is 16.0. The molecule has 0 bridgehead atoms. The van der Waals surface area contributed by atoms with Crippen LogP contribution in [0.5, 0.6) is 0 Å². The van der Waals surface area contributed by atoms with Gasteiger partial charge in [0.2, 0.25) is 0 Å². The highest BCUT2D eigenvalue weighted by atomic mass is 16.3. The number of furan rings is 1. The third-order valence-corrected chi connectivity index (χ3v) is 14.8. The zero-order valence-electron chi connectivity index (χ0n) is 36.1. The SMILES string of the molecule is CC1C=CC=C2c3ccccc3C(c3ccccc3)(c3cccc4oc5cc(N(c6ccccc6)c6cccc7c6-c6ccccc6C7(c6ccccc6)c6ccccc6)ccc5c34)C21. The van der Waals surface area contributed by atoms with E-state index in [1.807, 2.05) is 0 Å². The van der Waals surface area contributed by atoms with E-state index in [0.717, 1.165) is 33.6 Å². The number of hydrogen-bond acceptors (Lipinski definition) is 2. The Bertz CT molecular complexity index is 3470. The molecule has 13 rings (SSSR count). The number of nitrogens with zero attached hydrogens (tertiary/aromatic N) is 1. The number of fused-ring (bicyclic) bond motifs is 9. The lowest BCUT2D eigenvalue weighted by Crippen LogP contribution is -2.38. The third-order valence-electron chi connectivity index (χ3n) is 14.8. The molecule has 3 aliphatic carbocycles. The highest BCUT2D eigenvalue weighted by Crippen LogP contribution is 2.63. The van der Waals surface area contributed by atoms with Crippen molar-refractivity contribution in [2.75, 3.05) is 4.90 Å². The molecule has 2 nitrogen and oxygen atoms in total. The van der Waals surface area contributed by atoms with Gasteiger partial charge in [-0.3, -0.25) is 0 Å². The van der Waals surface area contributed by atoms with Gasteiger partial charge in [-0.1, -0.05) is 207 Å². The first-order valence-electron chi connectivity index (χ1n) is 22.9. The lowest BCUT2D eigenvalue weighted by atomic mass is 9.60. The van der Waals surface area contributed by atoms with Crippen molar-refractivity contribution in [3.05, 3.63) is 287 Å².